The lowest BCUT2D eigenvalue weighted by atomic mass is 10.1. The van der Waals surface area contributed by atoms with Crippen LogP contribution in [0.15, 0.2) is 60.7 Å². The maximum Gasteiger partial charge on any atom is 0.339 e. The number of aromatic nitrogens is 4. The predicted molar refractivity (Wildman–Crippen MR) is 151 cm³/mol. The molecule has 204 valence electrons. The van der Waals surface area contributed by atoms with Crippen LogP contribution in [0.1, 0.15) is 63.6 Å². The lowest BCUT2D eigenvalue weighted by Crippen LogP contribution is -2.28. The number of nitrogens with one attached hydrogen (secondary N) is 2. The molecule has 1 fully saturated rings. The molecule has 1 aliphatic carbocycles. The highest BCUT2D eigenvalue weighted by Crippen LogP contribution is 2.43. The summed E-state index contributed by atoms with van der Waals surface area (Å²) >= 11 is 0. The number of carboxylic acids is 1. The Kier molecular flexibility index (Phi) is 6.26. The third kappa shape index (κ3) is 4.66. The first kappa shape index (κ1) is 25.6. The number of imidazole rings is 2. The summed E-state index contributed by atoms with van der Waals surface area (Å²) in [5.41, 5.74) is 11.3. The second kappa shape index (κ2) is 9.80. The summed E-state index contributed by atoms with van der Waals surface area (Å²) in [4.78, 5) is 37.3. The third-order valence-electron chi connectivity index (χ3n) is 7.60. The second-order valence-electron chi connectivity index (χ2n) is 10.4. The van der Waals surface area contributed by atoms with Gasteiger partial charge in [0, 0.05) is 18.2 Å². The summed E-state index contributed by atoms with van der Waals surface area (Å²) in [6.07, 6.45) is 2.00. The molecule has 10 heteroatoms. The predicted octanol–water partition coefficient (Wildman–Crippen LogP) is 4.06. The van der Waals surface area contributed by atoms with Crippen molar-refractivity contribution in [3.63, 3.8) is 0 Å². The summed E-state index contributed by atoms with van der Waals surface area (Å²) in [5.74, 6) is 0.478. The fourth-order valence-electron chi connectivity index (χ4n) is 5.02. The Labute approximate surface area is 230 Å². The standard InChI is InChI=1S/C30H30N6O4/c1-17(26-33-21-10-8-19(16-23(21)34-26)30(31)11-12-30)27-35-22-9-7-18(15-24(22)36(27)2)28(37)32-13-14-40-25-6-4-3-5-20(25)29(38)39/h3-10,15-17H,11-14,31H2,1-2H3,(H,32,37)(H,33,34)(H,38,39). The molecule has 0 bridgehead atoms. The van der Waals surface area contributed by atoms with Gasteiger partial charge in [0.1, 0.15) is 29.6 Å². The molecule has 6 rings (SSSR count). The van der Waals surface area contributed by atoms with Crippen molar-refractivity contribution >= 4 is 33.9 Å². The summed E-state index contributed by atoms with van der Waals surface area (Å²) < 4.78 is 7.56. The first-order valence-electron chi connectivity index (χ1n) is 13.2. The van der Waals surface area contributed by atoms with Gasteiger partial charge in [0.25, 0.3) is 5.91 Å². The molecule has 3 aromatic carbocycles. The SMILES string of the molecule is CC(c1nc2cc(C3(N)CC3)ccc2[nH]1)c1nc2ccc(C(=O)NCCOc3ccccc3C(=O)O)cc2n1C. The van der Waals surface area contributed by atoms with E-state index in [2.05, 4.69) is 29.4 Å². The molecule has 2 aromatic heterocycles. The molecule has 1 atom stereocenters. The van der Waals surface area contributed by atoms with E-state index in [1.807, 2.05) is 29.8 Å². The number of para-hydroxylation sites is 1. The molecule has 0 spiro atoms. The van der Waals surface area contributed by atoms with Crippen molar-refractivity contribution in [3.05, 3.63) is 89.0 Å². The van der Waals surface area contributed by atoms with Crippen LogP contribution < -0.4 is 15.8 Å². The van der Waals surface area contributed by atoms with Crippen LogP contribution in [-0.4, -0.2) is 49.7 Å². The number of hydrogen-bond acceptors (Lipinski definition) is 6. The Balaban J connectivity index is 1.15. The van der Waals surface area contributed by atoms with Crippen LogP contribution in [0.2, 0.25) is 0 Å². The van der Waals surface area contributed by atoms with Crippen LogP contribution >= 0.6 is 0 Å². The number of fused-ring (bicyclic) bond motifs is 2. The van der Waals surface area contributed by atoms with E-state index in [9.17, 15) is 14.7 Å². The van der Waals surface area contributed by atoms with Gasteiger partial charge in [0.05, 0.1) is 34.5 Å². The van der Waals surface area contributed by atoms with Crippen LogP contribution in [-0.2, 0) is 12.6 Å². The number of hydrogen-bond donors (Lipinski definition) is 4. The van der Waals surface area contributed by atoms with Crippen molar-refractivity contribution in [2.24, 2.45) is 12.8 Å². The van der Waals surface area contributed by atoms with E-state index >= 15 is 0 Å². The van der Waals surface area contributed by atoms with E-state index in [0.717, 1.165) is 52.1 Å². The van der Waals surface area contributed by atoms with Gasteiger partial charge in [-0.2, -0.15) is 0 Å². The molecule has 0 saturated heterocycles. The maximum atomic E-state index is 12.8. The summed E-state index contributed by atoms with van der Waals surface area (Å²) in [7, 11) is 1.93. The van der Waals surface area contributed by atoms with Gasteiger partial charge in [0.2, 0.25) is 0 Å². The molecule has 1 unspecified atom stereocenters. The molecule has 40 heavy (non-hydrogen) atoms. The van der Waals surface area contributed by atoms with Gasteiger partial charge in [-0.05, 0) is 67.8 Å². The number of rotatable bonds is 9. The van der Waals surface area contributed by atoms with Gasteiger partial charge in [0.15, 0.2) is 0 Å². The van der Waals surface area contributed by atoms with Gasteiger partial charge in [-0.3, -0.25) is 4.79 Å². The Morgan fingerprint density at radius 2 is 1.93 bits per heavy atom. The number of nitrogens with zero attached hydrogens (tertiary/aromatic N) is 3. The number of carbonyl (C=O) groups excluding carboxylic acids is 1. The van der Waals surface area contributed by atoms with Gasteiger partial charge in [-0.15, -0.1) is 0 Å². The Hall–Kier alpha value is -4.70. The summed E-state index contributed by atoms with van der Waals surface area (Å²) in [6, 6.07) is 18.0. The van der Waals surface area contributed by atoms with Gasteiger partial charge >= 0.3 is 5.97 Å². The van der Waals surface area contributed by atoms with E-state index in [0.29, 0.717) is 5.56 Å². The minimum Gasteiger partial charge on any atom is -0.491 e. The van der Waals surface area contributed by atoms with Crippen LogP contribution in [0.25, 0.3) is 22.1 Å². The monoisotopic (exact) mass is 538 g/mol. The van der Waals surface area contributed by atoms with Crippen LogP contribution in [0.5, 0.6) is 5.75 Å². The van der Waals surface area contributed by atoms with Crippen molar-refractivity contribution in [2.45, 2.75) is 31.2 Å². The number of aromatic amines is 1. The number of nitrogens with two attached hydrogens (primary N) is 1. The van der Waals surface area contributed by atoms with Crippen molar-refractivity contribution in [3.8, 4) is 5.75 Å². The quantitative estimate of drug-likeness (QED) is 0.207. The van der Waals surface area contributed by atoms with Crippen LogP contribution in [0, 0.1) is 0 Å². The number of H-pyrrole nitrogens is 1. The number of aromatic carboxylic acids is 1. The number of aryl methyl sites for hydroxylation is 1. The average molecular weight is 539 g/mol. The molecule has 1 amide bonds. The molecule has 2 heterocycles. The average Bonchev–Trinajstić information content (AvgIpc) is 3.43. The van der Waals surface area contributed by atoms with Crippen molar-refractivity contribution < 1.29 is 19.4 Å². The molecular weight excluding hydrogens is 508 g/mol. The largest absolute Gasteiger partial charge is 0.491 e. The van der Waals surface area contributed by atoms with E-state index in [1.165, 1.54) is 6.07 Å². The molecule has 1 saturated carbocycles. The lowest BCUT2D eigenvalue weighted by molar-refractivity contribution is 0.0691. The van der Waals surface area contributed by atoms with E-state index < -0.39 is 5.97 Å². The van der Waals surface area contributed by atoms with Crippen LogP contribution in [0.3, 0.4) is 0 Å². The normalized spacial score (nSPS) is 14.8. The Bertz CT molecular complexity index is 1770. The molecule has 0 radical (unpaired) electrons. The molecule has 1 aliphatic rings. The highest BCUT2D eigenvalue weighted by atomic mass is 16.5. The number of amides is 1. The number of ether oxygens (including phenoxy) is 1. The molecule has 0 aliphatic heterocycles. The fourth-order valence-corrected chi connectivity index (χ4v) is 5.02. The number of carboxylic acid groups (broad SMARTS) is 1. The molecule has 5 N–H and O–H groups in total. The van der Waals surface area contributed by atoms with Gasteiger partial charge < -0.3 is 30.4 Å². The third-order valence-corrected chi connectivity index (χ3v) is 7.60. The number of carbonyl (C=O) groups is 2. The smallest absolute Gasteiger partial charge is 0.339 e. The zero-order chi connectivity index (χ0) is 28.0. The highest BCUT2D eigenvalue weighted by molar-refractivity contribution is 5.97. The molecule has 5 aromatic rings. The first-order valence-corrected chi connectivity index (χ1v) is 13.2. The zero-order valence-corrected chi connectivity index (χ0v) is 22.3. The summed E-state index contributed by atoms with van der Waals surface area (Å²) in [5, 5.41) is 12.1. The van der Waals surface area contributed by atoms with E-state index in [1.54, 1.807) is 24.3 Å². The Morgan fingerprint density at radius 3 is 2.70 bits per heavy atom. The fraction of sp³-hybridized carbons (Fsp3) is 0.267. The van der Waals surface area contributed by atoms with Gasteiger partial charge in [-0.1, -0.05) is 18.2 Å². The second-order valence-corrected chi connectivity index (χ2v) is 10.4. The minimum absolute atomic E-state index is 0.0788. The lowest BCUT2D eigenvalue weighted by Gasteiger charge is -2.10. The summed E-state index contributed by atoms with van der Waals surface area (Å²) in [6.45, 7) is 2.41. The van der Waals surface area contributed by atoms with E-state index in [-0.39, 0.29) is 41.8 Å². The van der Waals surface area contributed by atoms with Crippen molar-refractivity contribution in [1.82, 2.24) is 24.8 Å². The zero-order valence-electron chi connectivity index (χ0n) is 22.3. The van der Waals surface area contributed by atoms with E-state index in [4.69, 9.17) is 20.4 Å². The molecular formula is C30H30N6O4. The van der Waals surface area contributed by atoms with Crippen molar-refractivity contribution in [1.29, 1.82) is 0 Å². The Morgan fingerprint density at radius 1 is 1.12 bits per heavy atom. The first-order chi connectivity index (χ1) is 19.2. The maximum absolute atomic E-state index is 12.8. The topological polar surface area (TPSA) is 148 Å². The number of benzene rings is 3. The minimum atomic E-state index is -1.06. The highest BCUT2D eigenvalue weighted by Gasteiger charge is 2.40. The van der Waals surface area contributed by atoms with Gasteiger partial charge in [-0.25, -0.2) is 14.8 Å². The molecule has 10 nitrogen and oxygen atoms in total. The van der Waals surface area contributed by atoms with Crippen LogP contribution in [0.4, 0.5) is 0 Å². The van der Waals surface area contributed by atoms with Crippen molar-refractivity contribution in [2.75, 3.05) is 13.2 Å².